The minimum Gasteiger partial charge on any atom is -0.330 e. The Bertz CT molecular complexity index is 233. The second-order valence-electron chi connectivity index (χ2n) is 3.63. The highest BCUT2D eigenvalue weighted by Gasteiger charge is 2.11. The summed E-state index contributed by atoms with van der Waals surface area (Å²) in [5, 5.41) is 2.13. The molecule has 0 saturated carbocycles. The summed E-state index contributed by atoms with van der Waals surface area (Å²) in [4.78, 5) is 3.83. The molecule has 1 aromatic heterocycles. The molecule has 0 aliphatic rings. The molecule has 0 saturated heterocycles. The van der Waals surface area contributed by atoms with Crippen molar-refractivity contribution in [2.75, 3.05) is 13.6 Å². The van der Waals surface area contributed by atoms with Crippen molar-refractivity contribution in [1.82, 2.24) is 4.90 Å². The van der Waals surface area contributed by atoms with Crippen molar-refractivity contribution in [3.05, 3.63) is 22.4 Å². The molecular weight excluding hydrogens is 192 g/mol. The van der Waals surface area contributed by atoms with Crippen LogP contribution in [-0.2, 0) is 6.54 Å². The van der Waals surface area contributed by atoms with Crippen molar-refractivity contribution in [3.63, 3.8) is 0 Å². The SMILES string of the molecule is CCC(CCN)N(C)Cc1cccs1. The van der Waals surface area contributed by atoms with Crippen LogP contribution in [0.4, 0.5) is 0 Å². The second kappa shape index (κ2) is 6.17. The predicted molar refractivity (Wildman–Crippen MR) is 63.5 cm³/mol. The molecule has 1 atom stereocenters. The molecule has 0 aliphatic carbocycles. The van der Waals surface area contributed by atoms with Crippen LogP contribution < -0.4 is 5.73 Å². The Balaban J connectivity index is 2.43. The summed E-state index contributed by atoms with van der Waals surface area (Å²) < 4.78 is 0. The highest BCUT2D eigenvalue weighted by Crippen LogP contribution is 2.14. The van der Waals surface area contributed by atoms with Crippen molar-refractivity contribution in [2.45, 2.75) is 32.4 Å². The molecule has 0 fully saturated rings. The molecule has 1 heterocycles. The lowest BCUT2D eigenvalue weighted by Gasteiger charge is -2.26. The largest absolute Gasteiger partial charge is 0.330 e. The maximum Gasteiger partial charge on any atom is 0.0327 e. The van der Waals surface area contributed by atoms with Gasteiger partial charge < -0.3 is 5.73 Å². The normalized spacial score (nSPS) is 13.4. The lowest BCUT2D eigenvalue weighted by atomic mass is 10.1. The van der Waals surface area contributed by atoms with E-state index in [0.29, 0.717) is 6.04 Å². The van der Waals surface area contributed by atoms with Crippen molar-refractivity contribution < 1.29 is 0 Å². The van der Waals surface area contributed by atoms with Crippen molar-refractivity contribution >= 4 is 11.3 Å². The van der Waals surface area contributed by atoms with Gasteiger partial charge in [-0.15, -0.1) is 11.3 Å². The topological polar surface area (TPSA) is 29.3 Å². The zero-order chi connectivity index (χ0) is 10.4. The molecular formula is C11H20N2S. The van der Waals surface area contributed by atoms with Gasteiger partial charge in [0.05, 0.1) is 0 Å². The summed E-state index contributed by atoms with van der Waals surface area (Å²) in [5.74, 6) is 0. The standard InChI is InChI=1S/C11H20N2S/c1-3-10(6-7-12)13(2)9-11-5-4-8-14-11/h4-5,8,10H,3,6-7,9,12H2,1-2H3. The molecule has 1 aromatic rings. The maximum atomic E-state index is 5.59. The Kier molecular flexibility index (Phi) is 5.15. The van der Waals surface area contributed by atoms with Crippen LogP contribution in [0, 0.1) is 0 Å². The first-order chi connectivity index (χ1) is 6.77. The number of rotatable bonds is 6. The molecule has 80 valence electrons. The molecule has 14 heavy (non-hydrogen) atoms. The summed E-state index contributed by atoms with van der Waals surface area (Å²) in [6.45, 7) is 4.06. The molecule has 2 nitrogen and oxygen atoms in total. The van der Waals surface area contributed by atoms with Crippen LogP contribution in [0.5, 0.6) is 0 Å². The summed E-state index contributed by atoms with van der Waals surface area (Å²) in [5.41, 5.74) is 5.59. The summed E-state index contributed by atoms with van der Waals surface area (Å²) >= 11 is 1.82. The Labute approximate surface area is 90.7 Å². The zero-order valence-corrected chi connectivity index (χ0v) is 9.89. The van der Waals surface area contributed by atoms with Crippen molar-refractivity contribution in [1.29, 1.82) is 0 Å². The van der Waals surface area contributed by atoms with E-state index in [2.05, 4.69) is 36.4 Å². The van der Waals surface area contributed by atoms with E-state index in [4.69, 9.17) is 5.73 Å². The van der Waals surface area contributed by atoms with Crippen LogP contribution in [0.2, 0.25) is 0 Å². The first-order valence-corrected chi connectivity index (χ1v) is 6.08. The van der Waals surface area contributed by atoms with E-state index in [1.807, 2.05) is 11.3 Å². The van der Waals surface area contributed by atoms with Crippen LogP contribution in [-0.4, -0.2) is 24.5 Å². The van der Waals surface area contributed by atoms with Gasteiger partial charge in [-0.3, -0.25) is 4.90 Å². The van der Waals surface area contributed by atoms with E-state index in [0.717, 1.165) is 19.5 Å². The van der Waals surface area contributed by atoms with Crippen LogP contribution in [0.15, 0.2) is 17.5 Å². The van der Waals surface area contributed by atoms with E-state index in [9.17, 15) is 0 Å². The monoisotopic (exact) mass is 212 g/mol. The van der Waals surface area contributed by atoms with Gasteiger partial charge in [0.15, 0.2) is 0 Å². The first-order valence-electron chi connectivity index (χ1n) is 5.20. The highest BCUT2D eigenvalue weighted by molar-refractivity contribution is 7.09. The second-order valence-corrected chi connectivity index (χ2v) is 4.67. The molecule has 0 bridgehead atoms. The third-order valence-corrected chi connectivity index (χ3v) is 3.44. The number of nitrogens with two attached hydrogens (primary N) is 1. The predicted octanol–water partition coefficient (Wildman–Crippen LogP) is 2.31. The number of thiophene rings is 1. The molecule has 1 unspecified atom stereocenters. The number of hydrogen-bond donors (Lipinski definition) is 1. The molecule has 0 amide bonds. The van der Waals surface area contributed by atoms with Crippen LogP contribution >= 0.6 is 11.3 Å². The number of hydrogen-bond acceptors (Lipinski definition) is 3. The zero-order valence-electron chi connectivity index (χ0n) is 9.07. The fraction of sp³-hybridized carbons (Fsp3) is 0.636. The average Bonchev–Trinajstić information content (AvgIpc) is 2.66. The van der Waals surface area contributed by atoms with Crippen LogP contribution in [0.1, 0.15) is 24.6 Å². The van der Waals surface area contributed by atoms with Gasteiger partial charge in [-0.05, 0) is 37.9 Å². The Morgan fingerprint density at radius 2 is 2.36 bits per heavy atom. The summed E-state index contributed by atoms with van der Waals surface area (Å²) in [7, 11) is 2.18. The molecule has 2 N–H and O–H groups in total. The first kappa shape index (κ1) is 11.7. The van der Waals surface area contributed by atoms with Gasteiger partial charge in [0.1, 0.15) is 0 Å². The Hall–Kier alpha value is -0.380. The quantitative estimate of drug-likeness (QED) is 0.784. The van der Waals surface area contributed by atoms with E-state index in [1.165, 1.54) is 11.3 Å². The number of nitrogens with zero attached hydrogens (tertiary/aromatic N) is 1. The van der Waals surface area contributed by atoms with Gasteiger partial charge >= 0.3 is 0 Å². The van der Waals surface area contributed by atoms with Crippen LogP contribution in [0.25, 0.3) is 0 Å². The van der Waals surface area contributed by atoms with Crippen molar-refractivity contribution in [2.24, 2.45) is 5.73 Å². The Morgan fingerprint density at radius 3 is 2.86 bits per heavy atom. The van der Waals surface area contributed by atoms with Gasteiger partial charge in [0, 0.05) is 17.5 Å². The molecule has 0 aromatic carbocycles. The van der Waals surface area contributed by atoms with Gasteiger partial charge in [0.25, 0.3) is 0 Å². The average molecular weight is 212 g/mol. The molecule has 1 rings (SSSR count). The minimum atomic E-state index is 0.627. The van der Waals surface area contributed by atoms with Gasteiger partial charge in [0.2, 0.25) is 0 Å². The third-order valence-electron chi connectivity index (χ3n) is 2.58. The molecule has 3 heteroatoms. The fourth-order valence-corrected chi connectivity index (χ4v) is 2.47. The lowest BCUT2D eigenvalue weighted by Crippen LogP contribution is -2.32. The lowest BCUT2D eigenvalue weighted by molar-refractivity contribution is 0.220. The highest BCUT2D eigenvalue weighted by atomic mass is 32.1. The van der Waals surface area contributed by atoms with Gasteiger partial charge in [-0.2, -0.15) is 0 Å². The third kappa shape index (κ3) is 3.40. The molecule has 0 radical (unpaired) electrons. The van der Waals surface area contributed by atoms with Crippen LogP contribution in [0.3, 0.4) is 0 Å². The van der Waals surface area contributed by atoms with E-state index in [1.54, 1.807) is 0 Å². The summed E-state index contributed by atoms with van der Waals surface area (Å²) in [6, 6.07) is 4.93. The van der Waals surface area contributed by atoms with Crippen molar-refractivity contribution in [3.8, 4) is 0 Å². The molecule has 0 spiro atoms. The minimum absolute atomic E-state index is 0.627. The fourth-order valence-electron chi connectivity index (χ4n) is 1.71. The van der Waals surface area contributed by atoms with E-state index >= 15 is 0 Å². The smallest absolute Gasteiger partial charge is 0.0327 e. The maximum absolute atomic E-state index is 5.59. The van der Waals surface area contributed by atoms with E-state index < -0.39 is 0 Å². The van der Waals surface area contributed by atoms with Gasteiger partial charge in [-0.25, -0.2) is 0 Å². The Morgan fingerprint density at radius 1 is 1.57 bits per heavy atom. The summed E-state index contributed by atoms with van der Waals surface area (Å²) in [6.07, 6.45) is 2.28. The molecule has 0 aliphatic heterocycles. The van der Waals surface area contributed by atoms with E-state index in [-0.39, 0.29) is 0 Å². The van der Waals surface area contributed by atoms with Gasteiger partial charge in [-0.1, -0.05) is 13.0 Å².